The molecule has 0 amide bonds. The number of allylic oxidation sites excluding steroid dienone is 2. The second-order valence-corrected chi connectivity index (χ2v) is 6.36. The monoisotopic (exact) mass is 250 g/mol. The third kappa shape index (κ3) is 2.46. The molecular formula is C15H26N2O. The van der Waals surface area contributed by atoms with Crippen LogP contribution in [0.15, 0.2) is 11.8 Å². The molecule has 1 aliphatic carbocycles. The summed E-state index contributed by atoms with van der Waals surface area (Å²) in [4.78, 5) is 14.0. The van der Waals surface area contributed by atoms with Crippen LogP contribution in [0.4, 0.5) is 0 Å². The smallest absolute Gasteiger partial charge is 0.129 e. The van der Waals surface area contributed by atoms with Crippen molar-refractivity contribution in [3.05, 3.63) is 11.8 Å². The number of rotatable bonds is 3. The van der Waals surface area contributed by atoms with Crippen molar-refractivity contribution in [3.8, 4) is 0 Å². The first-order valence-corrected chi connectivity index (χ1v) is 7.18. The predicted octanol–water partition coefficient (Wildman–Crippen LogP) is 2.19. The molecule has 2 rings (SSSR count). The number of nitrogens with one attached hydrogen (secondary N) is 1. The van der Waals surface area contributed by atoms with Gasteiger partial charge in [-0.2, -0.15) is 0 Å². The van der Waals surface area contributed by atoms with Gasteiger partial charge in [0.15, 0.2) is 0 Å². The highest BCUT2D eigenvalue weighted by Crippen LogP contribution is 2.46. The molecule has 1 saturated heterocycles. The Hall–Kier alpha value is -0.830. The SMILES string of the molecule is CCC1(C=O)C=C(N2CCNCC2)C(C)(C)CC1. The number of carbonyl (C=O) groups excluding carboxylic acids is 1. The Kier molecular flexibility index (Phi) is 3.81. The quantitative estimate of drug-likeness (QED) is 0.779. The van der Waals surface area contributed by atoms with Crippen molar-refractivity contribution in [1.29, 1.82) is 0 Å². The number of nitrogens with zero attached hydrogens (tertiary/aromatic N) is 1. The number of piperazine rings is 1. The highest BCUT2D eigenvalue weighted by molar-refractivity contribution is 5.63. The van der Waals surface area contributed by atoms with E-state index in [0.29, 0.717) is 0 Å². The van der Waals surface area contributed by atoms with Crippen molar-refractivity contribution in [2.75, 3.05) is 26.2 Å². The second kappa shape index (κ2) is 5.04. The van der Waals surface area contributed by atoms with Crippen LogP contribution in [-0.4, -0.2) is 37.4 Å². The molecule has 0 aromatic heterocycles. The summed E-state index contributed by atoms with van der Waals surface area (Å²) in [5, 5.41) is 3.39. The van der Waals surface area contributed by atoms with Crippen LogP contribution in [0.5, 0.6) is 0 Å². The Balaban J connectivity index is 2.31. The van der Waals surface area contributed by atoms with Crippen LogP contribution in [0, 0.1) is 10.8 Å². The molecule has 102 valence electrons. The molecule has 1 unspecified atom stereocenters. The van der Waals surface area contributed by atoms with Crippen molar-refractivity contribution in [1.82, 2.24) is 10.2 Å². The van der Waals surface area contributed by atoms with Crippen molar-refractivity contribution < 1.29 is 4.79 Å². The van der Waals surface area contributed by atoms with E-state index in [4.69, 9.17) is 0 Å². The lowest BCUT2D eigenvalue weighted by Crippen LogP contribution is -2.47. The van der Waals surface area contributed by atoms with E-state index in [-0.39, 0.29) is 10.8 Å². The highest BCUT2D eigenvalue weighted by atomic mass is 16.1. The molecule has 0 radical (unpaired) electrons. The molecule has 18 heavy (non-hydrogen) atoms. The molecule has 2 aliphatic rings. The Morgan fingerprint density at radius 2 is 2.00 bits per heavy atom. The summed E-state index contributed by atoms with van der Waals surface area (Å²) in [6, 6.07) is 0. The number of hydrogen-bond acceptors (Lipinski definition) is 3. The lowest BCUT2D eigenvalue weighted by Gasteiger charge is -2.45. The Labute approximate surface area is 111 Å². The van der Waals surface area contributed by atoms with Gasteiger partial charge in [-0.15, -0.1) is 0 Å². The fourth-order valence-electron chi connectivity index (χ4n) is 3.09. The number of hydrogen-bond donors (Lipinski definition) is 1. The molecular weight excluding hydrogens is 224 g/mol. The molecule has 1 aliphatic heterocycles. The first-order valence-electron chi connectivity index (χ1n) is 7.18. The van der Waals surface area contributed by atoms with Gasteiger partial charge in [0.1, 0.15) is 6.29 Å². The maximum atomic E-state index is 11.5. The molecule has 3 nitrogen and oxygen atoms in total. The van der Waals surface area contributed by atoms with Gasteiger partial charge in [0.2, 0.25) is 0 Å². The molecule has 0 spiro atoms. The average molecular weight is 250 g/mol. The van der Waals surface area contributed by atoms with E-state index in [1.54, 1.807) is 0 Å². The third-order valence-corrected chi connectivity index (χ3v) is 4.68. The van der Waals surface area contributed by atoms with Crippen LogP contribution in [-0.2, 0) is 4.79 Å². The van der Waals surface area contributed by atoms with E-state index in [1.807, 2.05) is 0 Å². The van der Waals surface area contributed by atoms with E-state index in [9.17, 15) is 4.79 Å². The molecule has 1 N–H and O–H groups in total. The van der Waals surface area contributed by atoms with Crippen LogP contribution in [0.25, 0.3) is 0 Å². The van der Waals surface area contributed by atoms with Crippen molar-refractivity contribution in [3.63, 3.8) is 0 Å². The minimum Gasteiger partial charge on any atom is -0.372 e. The van der Waals surface area contributed by atoms with Gasteiger partial charge in [-0.05, 0) is 19.3 Å². The van der Waals surface area contributed by atoms with Crippen LogP contribution < -0.4 is 5.32 Å². The summed E-state index contributed by atoms with van der Waals surface area (Å²) in [5.41, 5.74) is 1.39. The third-order valence-electron chi connectivity index (χ3n) is 4.68. The lowest BCUT2D eigenvalue weighted by molar-refractivity contribution is -0.115. The maximum absolute atomic E-state index is 11.5. The average Bonchev–Trinajstić information content (AvgIpc) is 2.40. The topological polar surface area (TPSA) is 32.3 Å². The predicted molar refractivity (Wildman–Crippen MR) is 74.3 cm³/mol. The van der Waals surface area contributed by atoms with E-state index in [0.717, 1.165) is 45.4 Å². The zero-order valence-electron chi connectivity index (χ0n) is 12.0. The normalized spacial score (nSPS) is 31.9. The maximum Gasteiger partial charge on any atom is 0.129 e. The molecule has 1 heterocycles. The number of aldehydes is 1. The minimum atomic E-state index is -0.213. The highest BCUT2D eigenvalue weighted by Gasteiger charge is 2.39. The standard InChI is InChI=1S/C15H26N2O/c1-4-15(12-18)6-5-14(2,3)13(11-15)17-9-7-16-8-10-17/h11-12,16H,4-10H2,1-3H3. The summed E-state index contributed by atoms with van der Waals surface area (Å²) in [7, 11) is 0. The zero-order chi connectivity index (χ0) is 13.2. The molecule has 1 fully saturated rings. The fourth-order valence-corrected chi connectivity index (χ4v) is 3.09. The van der Waals surface area contributed by atoms with Gasteiger partial charge in [-0.1, -0.05) is 26.8 Å². The van der Waals surface area contributed by atoms with Gasteiger partial charge in [0.25, 0.3) is 0 Å². The van der Waals surface area contributed by atoms with Gasteiger partial charge in [-0.25, -0.2) is 0 Å². The van der Waals surface area contributed by atoms with Gasteiger partial charge >= 0.3 is 0 Å². The summed E-state index contributed by atoms with van der Waals surface area (Å²) >= 11 is 0. The second-order valence-electron chi connectivity index (χ2n) is 6.36. The summed E-state index contributed by atoms with van der Waals surface area (Å²) in [5.74, 6) is 0. The fraction of sp³-hybridized carbons (Fsp3) is 0.800. The zero-order valence-corrected chi connectivity index (χ0v) is 12.0. The van der Waals surface area contributed by atoms with Crippen molar-refractivity contribution >= 4 is 6.29 Å². The summed E-state index contributed by atoms with van der Waals surface area (Å²) < 4.78 is 0. The van der Waals surface area contributed by atoms with Gasteiger partial charge in [0, 0.05) is 42.7 Å². The van der Waals surface area contributed by atoms with E-state index >= 15 is 0 Å². The summed E-state index contributed by atoms with van der Waals surface area (Å²) in [6.45, 7) is 11.0. The lowest BCUT2D eigenvalue weighted by atomic mass is 9.67. The molecule has 0 bridgehead atoms. The molecule has 1 atom stereocenters. The van der Waals surface area contributed by atoms with Crippen LogP contribution in [0.1, 0.15) is 40.0 Å². The number of carbonyl (C=O) groups is 1. The molecule has 0 aromatic rings. The van der Waals surface area contributed by atoms with Gasteiger partial charge < -0.3 is 15.0 Å². The van der Waals surface area contributed by atoms with E-state index in [2.05, 4.69) is 37.1 Å². The molecule has 0 saturated carbocycles. The van der Waals surface area contributed by atoms with Crippen LogP contribution >= 0.6 is 0 Å². The van der Waals surface area contributed by atoms with Crippen molar-refractivity contribution in [2.45, 2.75) is 40.0 Å². The first kappa shape index (κ1) is 13.6. The molecule has 3 heteroatoms. The Bertz CT molecular complexity index is 342. The van der Waals surface area contributed by atoms with E-state index < -0.39 is 0 Å². The van der Waals surface area contributed by atoms with Gasteiger partial charge in [-0.3, -0.25) is 0 Å². The van der Waals surface area contributed by atoms with Crippen LogP contribution in [0.2, 0.25) is 0 Å². The first-order chi connectivity index (χ1) is 8.53. The van der Waals surface area contributed by atoms with Crippen molar-refractivity contribution in [2.24, 2.45) is 10.8 Å². The minimum absolute atomic E-state index is 0.207. The van der Waals surface area contributed by atoms with Crippen LogP contribution in [0.3, 0.4) is 0 Å². The van der Waals surface area contributed by atoms with Gasteiger partial charge in [0.05, 0.1) is 0 Å². The van der Waals surface area contributed by atoms with E-state index in [1.165, 1.54) is 12.0 Å². The molecule has 0 aromatic carbocycles. The Morgan fingerprint density at radius 3 is 2.56 bits per heavy atom. The largest absolute Gasteiger partial charge is 0.372 e. The summed E-state index contributed by atoms with van der Waals surface area (Å²) in [6.07, 6.45) is 6.46. The Morgan fingerprint density at radius 1 is 1.33 bits per heavy atom.